The lowest BCUT2D eigenvalue weighted by Gasteiger charge is -2.23. The summed E-state index contributed by atoms with van der Waals surface area (Å²) in [5, 5.41) is 3.83. The van der Waals surface area contributed by atoms with Crippen LogP contribution >= 0.6 is 0 Å². The second-order valence-corrected chi connectivity index (χ2v) is 6.27. The predicted molar refractivity (Wildman–Crippen MR) is 91.3 cm³/mol. The number of likely N-dealkylation sites (tertiary alicyclic amines) is 1. The van der Waals surface area contributed by atoms with Crippen LogP contribution in [0.15, 0.2) is 59.1 Å². The lowest BCUT2D eigenvalue weighted by Crippen LogP contribution is -2.30. The number of hydrogen-bond donors (Lipinski definition) is 0. The monoisotopic (exact) mass is 354 g/mol. The summed E-state index contributed by atoms with van der Waals surface area (Å²) >= 11 is 0. The van der Waals surface area contributed by atoms with Crippen LogP contribution in [0.25, 0.3) is 11.3 Å². The topological polar surface area (TPSA) is 46.3 Å². The Morgan fingerprint density at radius 1 is 1.12 bits per heavy atom. The molecule has 2 heterocycles. The molecule has 2 aromatic carbocycles. The lowest BCUT2D eigenvalue weighted by atomic mass is 10.0. The van der Waals surface area contributed by atoms with Gasteiger partial charge in [0.2, 0.25) is 5.76 Å². The van der Waals surface area contributed by atoms with E-state index in [1.807, 2.05) is 6.07 Å². The Balaban J connectivity index is 1.60. The third-order valence-corrected chi connectivity index (χ3v) is 4.62. The van der Waals surface area contributed by atoms with Crippen molar-refractivity contribution in [1.29, 1.82) is 0 Å². The molecular formula is C20H16F2N2O2. The fourth-order valence-corrected chi connectivity index (χ4v) is 3.38. The molecule has 3 aromatic rings. The Morgan fingerprint density at radius 3 is 2.77 bits per heavy atom. The molecule has 132 valence electrons. The van der Waals surface area contributed by atoms with Crippen LogP contribution in [0.3, 0.4) is 0 Å². The predicted octanol–water partition coefficient (Wildman–Crippen LogP) is 4.60. The Morgan fingerprint density at radius 2 is 1.96 bits per heavy atom. The van der Waals surface area contributed by atoms with Crippen molar-refractivity contribution in [2.75, 3.05) is 6.54 Å². The third-order valence-electron chi connectivity index (χ3n) is 4.62. The molecule has 26 heavy (non-hydrogen) atoms. The second-order valence-electron chi connectivity index (χ2n) is 6.27. The Hall–Kier alpha value is -3.02. The van der Waals surface area contributed by atoms with E-state index in [0.29, 0.717) is 6.54 Å². The molecular weight excluding hydrogens is 338 g/mol. The van der Waals surface area contributed by atoms with Crippen LogP contribution in [-0.4, -0.2) is 22.5 Å². The van der Waals surface area contributed by atoms with Gasteiger partial charge >= 0.3 is 0 Å². The van der Waals surface area contributed by atoms with Gasteiger partial charge in [0.1, 0.15) is 17.3 Å². The van der Waals surface area contributed by atoms with E-state index in [2.05, 4.69) is 5.16 Å². The first-order valence-corrected chi connectivity index (χ1v) is 8.41. The highest BCUT2D eigenvalue weighted by atomic mass is 19.1. The highest BCUT2D eigenvalue weighted by Gasteiger charge is 2.32. The molecule has 1 aromatic heterocycles. The maximum Gasteiger partial charge on any atom is 0.292 e. The summed E-state index contributed by atoms with van der Waals surface area (Å²) in [5.74, 6) is -1.04. The fraction of sp³-hybridized carbons (Fsp3) is 0.200. The van der Waals surface area contributed by atoms with E-state index in [9.17, 15) is 13.6 Å². The fourth-order valence-electron chi connectivity index (χ4n) is 3.38. The van der Waals surface area contributed by atoms with E-state index in [1.165, 1.54) is 24.3 Å². The molecule has 1 saturated heterocycles. The van der Waals surface area contributed by atoms with Gasteiger partial charge in [0.25, 0.3) is 5.91 Å². The minimum Gasteiger partial charge on any atom is -0.350 e. The zero-order valence-corrected chi connectivity index (χ0v) is 13.9. The Bertz CT molecular complexity index is 954. The molecule has 1 atom stereocenters. The maximum atomic E-state index is 13.9. The summed E-state index contributed by atoms with van der Waals surface area (Å²) < 4.78 is 32.6. The summed E-state index contributed by atoms with van der Waals surface area (Å²) in [6, 6.07) is 13.7. The molecule has 0 N–H and O–H groups in total. The number of amides is 1. The van der Waals surface area contributed by atoms with Crippen LogP contribution in [0.1, 0.15) is 35.0 Å². The summed E-state index contributed by atoms with van der Waals surface area (Å²) in [5.41, 5.74) is 1.30. The van der Waals surface area contributed by atoms with Crippen LogP contribution in [0, 0.1) is 11.6 Å². The number of halogens is 2. The second kappa shape index (κ2) is 6.71. The largest absolute Gasteiger partial charge is 0.350 e. The summed E-state index contributed by atoms with van der Waals surface area (Å²) in [7, 11) is 0. The molecule has 4 rings (SSSR count). The van der Waals surface area contributed by atoms with E-state index in [0.717, 1.165) is 18.4 Å². The number of hydrogen-bond acceptors (Lipinski definition) is 3. The van der Waals surface area contributed by atoms with Gasteiger partial charge in [-0.25, -0.2) is 8.78 Å². The Labute approximate surface area is 149 Å². The molecule has 1 amide bonds. The highest BCUT2D eigenvalue weighted by Crippen LogP contribution is 2.34. The van der Waals surface area contributed by atoms with Gasteiger partial charge in [-0.3, -0.25) is 4.79 Å². The van der Waals surface area contributed by atoms with Crippen molar-refractivity contribution in [3.63, 3.8) is 0 Å². The minimum absolute atomic E-state index is 0.0477. The van der Waals surface area contributed by atoms with Crippen molar-refractivity contribution in [3.8, 4) is 11.3 Å². The molecule has 1 fully saturated rings. The first kappa shape index (κ1) is 16.4. The van der Waals surface area contributed by atoms with Gasteiger partial charge in [0, 0.05) is 18.2 Å². The number of aromatic nitrogens is 1. The van der Waals surface area contributed by atoms with Crippen molar-refractivity contribution >= 4 is 5.91 Å². The van der Waals surface area contributed by atoms with Gasteiger partial charge in [-0.1, -0.05) is 29.4 Å². The molecule has 1 aliphatic heterocycles. The zero-order valence-electron chi connectivity index (χ0n) is 13.9. The molecule has 0 spiro atoms. The van der Waals surface area contributed by atoms with Gasteiger partial charge in [-0.05, 0) is 42.7 Å². The molecule has 0 aliphatic carbocycles. The minimum atomic E-state index is -0.432. The number of rotatable bonds is 3. The van der Waals surface area contributed by atoms with Crippen LogP contribution in [0.5, 0.6) is 0 Å². The van der Waals surface area contributed by atoms with E-state index in [1.54, 1.807) is 29.2 Å². The maximum absolute atomic E-state index is 13.9. The number of carbonyl (C=O) groups excluding carboxylic acids is 1. The van der Waals surface area contributed by atoms with Crippen molar-refractivity contribution < 1.29 is 18.1 Å². The molecule has 4 nitrogen and oxygen atoms in total. The number of carbonyl (C=O) groups is 1. The summed E-state index contributed by atoms with van der Waals surface area (Å²) in [6.45, 7) is 0.551. The van der Waals surface area contributed by atoms with Gasteiger partial charge in [-0.15, -0.1) is 0 Å². The van der Waals surface area contributed by atoms with Gasteiger partial charge < -0.3 is 9.42 Å². The lowest BCUT2D eigenvalue weighted by molar-refractivity contribution is 0.0693. The van der Waals surface area contributed by atoms with Crippen molar-refractivity contribution in [2.24, 2.45) is 0 Å². The normalized spacial score (nSPS) is 16.8. The zero-order chi connectivity index (χ0) is 18.1. The van der Waals surface area contributed by atoms with Crippen LogP contribution < -0.4 is 0 Å². The van der Waals surface area contributed by atoms with Crippen molar-refractivity contribution in [2.45, 2.75) is 18.9 Å². The van der Waals surface area contributed by atoms with E-state index in [4.69, 9.17) is 4.52 Å². The molecule has 0 bridgehead atoms. The SMILES string of the molecule is O=C(c1cc(-c2ccccc2F)no1)N1CCCC1c1cccc(F)c1. The first-order chi connectivity index (χ1) is 12.6. The van der Waals surface area contributed by atoms with Crippen molar-refractivity contribution in [3.05, 3.63) is 77.6 Å². The average molecular weight is 354 g/mol. The van der Waals surface area contributed by atoms with Crippen molar-refractivity contribution in [1.82, 2.24) is 10.1 Å². The molecule has 0 radical (unpaired) electrons. The highest BCUT2D eigenvalue weighted by molar-refractivity contribution is 5.93. The van der Waals surface area contributed by atoms with E-state index in [-0.39, 0.29) is 34.8 Å². The Kier molecular flexibility index (Phi) is 4.24. The average Bonchev–Trinajstić information content (AvgIpc) is 3.31. The standard InChI is InChI=1S/C20H16F2N2O2/c21-14-6-3-5-13(11-14)18-9-4-10-24(18)20(25)19-12-17(23-26-19)15-7-1-2-8-16(15)22/h1-3,5-8,11-12,18H,4,9-10H2. The molecule has 6 heteroatoms. The van der Waals surface area contributed by atoms with Gasteiger partial charge in [0.15, 0.2) is 0 Å². The smallest absolute Gasteiger partial charge is 0.292 e. The third kappa shape index (κ3) is 2.98. The summed E-state index contributed by atoms with van der Waals surface area (Å²) in [4.78, 5) is 14.5. The van der Waals surface area contributed by atoms with Gasteiger partial charge in [-0.2, -0.15) is 0 Å². The van der Waals surface area contributed by atoms with Crippen LogP contribution in [0.4, 0.5) is 8.78 Å². The molecule has 0 saturated carbocycles. The van der Waals surface area contributed by atoms with E-state index >= 15 is 0 Å². The molecule has 1 aliphatic rings. The van der Waals surface area contributed by atoms with Crippen LogP contribution in [-0.2, 0) is 0 Å². The quantitative estimate of drug-likeness (QED) is 0.691. The number of nitrogens with zero attached hydrogens (tertiary/aromatic N) is 2. The van der Waals surface area contributed by atoms with Crippen LogP contribution in [0.2, 0.25) is 0 Å². The first-order valence-electron chi connectivity index (χ1n) is 8.41. The summed E-state index contributed by atoms with van der Waals surface area (Å²) in [6.07, 6.45) is 1.57. The molecule has 1 unspecified atom stereocenters. The van der Waals surface area contributed by atoms with E-state index < -0.39 is 5.82 Å². The van der Waals surface area contributed by atoms with Gasteiger partial charge in [0.05, 0.1) is 6.04 Å². The number of benzene rings is 2.